The first-order valence-corrected chi connectivity index (χ1v) is 10.3. The molecule has 3 aromatic rings. The van der Waals surface area contributed by atoms with E-state index in [0.29, 0.717) is 33.6 Å². The highest BCUT2D eigenvalue weighted by Gasteiger charge is 2.15. The topological polar surface area (TPSA) is 101 Å². The van der Waals surface area contributed by atoms with E-state index in [0.717, 1.165) is 0 Å². The number of benzene rings is 2. The molecule has 7 nitrogen and oxygen atoms in total. The fraction of sp³-hybridized carbons (Fsp3) is 0.0909. The largest absolute Gasteiger partial charge is 0.490 e. The van der Waals surface area contributed by atoms with Crippen LogP contribution in [-0.2, 0) is 4.79 Å². The molecule has 0 saturated carbocycles. The lowest BCUT2D eigenvalue weighted by Gasteiger charge is -2.11. The first-order chi connectivity index (χ1) is 15.0. The Balaban J connectivity index is 1.82. The van der Waals surface area contributed by atoms with E-state index in [9.17, 15) is 14.9 Å². The van der Waals surface area contributed by atoms with E-state index in [1.165, 1.54) is 17.4 Å². The van der Waals surface area contributed by atoms with Crippen LogP contribution in [0.3, 0.4) is 0 Å². The number of hydrogen-bond acceptors (Lipinski definition) is 7. The minimum absolute atomic E-state index is 0.108. The highest BCUT2D eigenvalue weighted by Crippen LogP contribution is 2.30. The van der Waals surface area contributed by atoms with Crippen LogP contribution in [-0.4, -0.2) is 23.5 Å². The van der Waals surface area contributed by atoms with E-state index in [1.54, 1.807) is 61.0 Å². The van der Waals surface area contributed by atoms with Crippen LogP contribution < -0.4 is 14.8 Å². The van der Waals surface area contributed by atoms with E-state index < -0.39 is 11.9 Å². The van der Waals surface area contributed by atoms with Gasteiger partial charge in [-0.3, -0.25) is 10.1 Å². The third kappa shape index (κ3) is 5.92. The molecule has 1 heterocycles. The molecule has 31 heavy (non-hydrogen) atoms. The predicted molar refractivity (Wildman–Crippen MR) is 118 cm³/mol. The van der Waals surface area contributed by atoms with Gasteiger partial charge in [-0.2, -0.15) is 5.26 Å². The van der Waals surface area contributed by atoms with Gasteiger partial charge < -0.3 is 9.47 Å². The lowest BCUT2D eigenvalue weighted by molar-refractivity contribution is -0.112. The number of anilines is 1. The summed E-state index contributed by atoms with van der Waals surface area (Å²) in [6.07, 6.45) is 2.96. The molecule has 0 saturated heterocycles. The molecule has 0 atom stereocenters. The van der Waals surface area contributed by atoms with Gasteiger partial charge in [-0.15, -0.1) is 11.3 Å². The van der Waals surface area contributed by atoms with Crippen molar-refractivity contribution in [1.29, 1.82) is 5.26 Å². The van der Waals surface area contributed by atoms with Crippen LogP contribution in [0.25, 0.3) is 6.08 Å². The number of hydrogen-bond donors (Lipinski definition) is 1. The quantitative estimate of drug-likeness (QED) is 0.235. The maximum Gasteiger partial charge on any atom is 0.343 e. The summed E-state index contributed by atoms with van der Waals surface area (Å²) in [6.45, 7) is 2.11. The fourth-order valence-corrected chi connectivity index (χ4v) is 3.13. The van der Waals surface area contributed by atoms with Gasteiger partial charge in [0.05, 0.1) is 12.2 Å². The van der Waals surface area contributed by atoms with Crippen LogP contribution in [0.1, 0.15) is 22.8 Å². The molecule has 0 radical (unpaired) electrons. The molecule has 0 aliphatic rings. The molecular formula is C22H16ClN3O4S. The smallest absolute Gasteiger partial charge is 0.343 e. The van der Waals surface area contributed by atoms with Gasteiger partial charge in [0.2, 0.25) is 0 Å². The lowest BCUT2D eigenvalue weighted by Crippen LogP contribution is -2.13. The molecule has 0 aliphatic heterocycles. The molecule has 3 rings (SSSR count). The van der Waals surface area contributed by atoms with Crippen molar-refractivity contribution in [3.63, 3.8) is 0 Å². The van der Waals surface area contributed by atoms with Crippen LogP contribution in [0.2, 0.25) is 5.02 Å². The molecular weight excluding hydrogens is 438 g/mol. The Morgan fingerprint density at radius 2 is 2.00 bits per heavy atom. The Morgan fingerprint density at radius 1 is 1.23 bits per heavy atom. The third-order valence-electron chi connectivity index (χ3n) is 3.88. The van der Waals surface area contributed by atoms with Crippen molar-refractivity contribution in [2.45, 2.75) is 6.92 Å². The lowest BCUT2D eigenvalue weighted by atomic mass is 10.1. The molecule has 0 fully saturated rings. The van der Waals surface area contributed by atoms with Gasteiger partial charge in [0, 0.05) is 16.6 Å². The molecule has 0 bridgehead atoms. The highest BCUT2D eigenvalue weighted by molar-refractivity contribution is 7.13. The van der Waals surface area contributed by atoms with Gasteiger partial charge in [-0.1, -0.05) is 17.7 Å². The number of thiazole rings is 1. The van der Waals surface area contributed by atoms with Crippen LogP contribution in [0.4, 0.5) is 5.13 Å². The number of ether oxygens (including phenoxy) is 2. The van der Waals surface area contributed by atoms with Crippen molar-refractivity contribution < 1.29 is 19.1 Å². The maximum atomic E-state index is 12.4. The molecule has 0 spiro atoms. The second-order valence-electron chi connectivity index (χ2n) is 6.00. The number of carbonyl (C=O) groups excluding carboxylic acids is 2. The number of aromatic nitrogens is 1. The van der Waals surface area contributed by atoms with Crippen molar-refractivity contribution in [2.75, 3.05) is 11.9 Å². The summed E-state index contributed by atoms with van der Waals surface area (Å²) in [6, 6.07) is 12.9. The summed E-state index contributed by atoms with van der Waals surface area (Å²) in [5.41, 5.74) is 0.755. The number of rotatable bonds is 7. The van der Waals surface area contributed by atoms with Gasteiger partial charge in [0.15, 0.2) is 16.6 Å². The van der Waals surface area contributed by atoms with Gasteiger partial charge in [-0.05, 0) is 55.0 Å². The summed E-state index contributed by atoms with van der Waals surface area (Å²) >= 11 is 7.09. The highest BCUT2D eigenvalue weighted by atomic mass is 35.5. The van der Waals surface area contributed by atoms with Gasteiger partial charge in [0.1, 0.15) is 11.6 Å². The van der Waals surface area contributed by atoms with Crippen LogP contribution in [0, 0.1) is 11.3 Å². The van der Waals surface area contributed by atoms with Crippen LogP contribution >= 0.6 is 22.9 Å². The number of halogens is 1. The zero-order valence-corrected chi connectivity index (χ0v) is 17.9. The van der Waals surface area contributed by atoms with Crippen molar-refractivity contribution in [3.8, 4) is 17.6 Å². The Kier molecular flexibility index (Phi) is 7.38. The van der Waals surface area contributed by atoms with Crippen molar-refractivity contribution in [2.24, 2.45) is 0 Å². The molecule has 0 unspecified atom stereocenters. The summed E-state index contributed by atoms with van der Waals surface area (Å²) in [7, 11) is 0. The fourth-order valence-electron chi connectivity index (χ4n) is 2.48. The zero-order valence-electron chi connectivity index (χ0n) is 16.3. The van der Waals surface area contributed by atoms with Crippen molar-refractivity contribution in [3.05, 3.63) is 75.8 Å². The van der Waals surface area contributed by atoms with Crippen LogP contribution in [0.5, 0.6) is 11.5 Å². The maximum absolute atomic E-state index is 12.4. The van der Waals surface area contributed by atoms with Gasteiger partial charge in [-0.25, -0.2) is 9.78 Å². The van der Waals surface area contributed by atoms with Crippen molar-refractivity contribution >= 4 is 46.0 Å². The standard InChI is InChI=1S/C22H16ClN3O4S/c1-2-29-19-12-14(11-16(13-24)20(27)26-22-25-9-10-31-22)3-8-18(19)30-21(28)15-4-6-17(23)7-5-15/h3-12H,2H2,1H3,(H,25,26,27)/b16-11+. The minimum Gasteiger partial charge on any atom is -0.490 e. The zero-order chi connectivity index (χ0) is 22.2. The number of amides is 1. The second-order valence-corrected chi connectivity index (χ2v) is 7.33. The molecule has 9 heteroatoms. The number of nitriles is 1. The number of carbonyl (C=O) groups is 2. The minimum atomic E-state index is -0.575. The van der Waals surface area contributed by atoms with E-state index >= 15 is 0 Å². The molecule has 1 aromatic heterocycles. The predicted octanol–water partition coefficient (Wildman–Crippen LogP) is 4.96. The average molecular weight is 454 g/mol. The molecule has 1 N–H and O–H groups in total. The average Bonchev–Trinajstić information content (AvgIpc) is 3.27. The Morgan fingerprint density at radius 3 is 2.65 bits per heavy atom. The van der Waals surface area contributed by atoms with E-state index in [1.807, 2.05) is 6.07 Å². The molecule has 156 valence electrons. The van der Waals surface area contributed by atoms with E-state index in [4.69, 9.17) is 21.1 Å². The normalized spacial score (nSPS) is 10.8. The summed E-state index contributed by atoms with van der Waals surface area (Å²) in [5, 5.41) is 14.5. The summed E-state index contributed by atoms with van der Waals surface area (Å²) in [4.78, 5) is 28.7. The first-order valence-electron chi connectivity index (χ1n) is 9.07. The molecule has 1 amide bonds. The SMILES string of the molecule is CCOc1cc(/C=C(\C#N)C(=O)Nc2nccs2)ccc1OC(=O)c1ccc(Cl)cc1. The Hall–Kier alpha value is -3.67. The monoisotopic (exact) mass is 453 g/mol. The Labute approximate surface area is 187 Å². The van der Waals surface area contributed by atoms with Gasteiger partial charge in [0.25, 0.3) is 5.91 Å². The van der Waals surface area contributed by atoms with Crippen molar-refractivity contribution in [1.82, 2.24) is 4.98 Å². The van der Waals surface area contributed by atoms with E-state index in [2.05, 4.69) is 10.3 Å². The summed E-state index contributed by atoms with van der Waals surface area (Å²) < 4.78 is 11.0. The van der Waals surface area contributed by atoms with Gasteiger partial charge >= 0.3 is 5.97 Å². The second kappa shape index (κ2) is 10.4. The Bertz CT molecular complexity index is 1150. The number of nitrogens with zero attached hydrogens (tertiary/aromatic N) is 2. The number of nitrogens with one attached hydrogen (secondary N) is 1. The first kappa shape index (κ1) is 22.0. The molecule has 0 aliphatic carbocycles. The van der Waals surface area contributed by atoms with Crippen LogP contribution in [0.15, 0.2) is 59.6 Å². The summed E-state index contributed by atoms with van der Waals surface area (Å²) in [5.74, 6) is -0.629. The third-order valence-corrected chi connectivity index (χ3v) is 4.82. The molecule has 2 aromatic carbocycles. The van der Waals surface area contributed by atoms with E-state index in [-0.39, 0.29) is 11.3 Å². The number of esters is 1.